The fourth-order valence-corrected chi connectivity index (χ4v) is 4.43. The van der Waals surface area contributed by atoms with Gasteiger partial charge in [0, 0.05) is 6.54 Å². The Kier molecular flexibility index (Phi) is 7.83. The van der Waals surface area contributed by atoms with Gasteiger partial charge in [-0.05, 0) is 89.6 Å². The average molecular weight is 456 g/mol. The molecule has 2 nitrogen and oxygen atoms in total. The van der Waals surface area contributed by atoms with Crippen molar-refractivity contribution in [2.45, 2.75) is 12.8 Å². The maximum Gasteiger partial charge on any atom is 0.119 e. The Morgan fingerprint density at radius 2 is 1.00 bits per heavy atom. The molecule has 1 aliphatic rings. The summed E-state index contributed by atoms with van der Waals surface area (Å²) >= 11 is 0. The minimum atomic E-state index is 0. The lowest BCUT2D eigenvalue weighted by Gasteiger charge is -2.15. The highest BCUT2D eigenvalue weighted by molar-refractivity contribution is 5.85. The van der Waals surface area contributed by atoms with Crippen LogP contribution in [0.3, 0.4) is 0 Å². The van der Waals surface area contributed by atoms with Gasteiger partial charge in [-0.1, -0.05) is 72.8 Å². The molecule has 1 fully saturated rings. The molecule has 0 unspecified atom stereocenters. The van der Waals surface area contributed by atoms with Crippen molar-refractivity contribution in [3.63, 3.8) is 0 Å². The number of halogens is 1. The molecule has 0 atom stereocenters. The van der Waals surface area contributed by atoms with Crippen LogP contribution in [0.25, 0.3) is 33.4 Å². The monoisotopic (exact) mass is 455 g/mol. The molecule has 0 saturated carbocycles. The molecule has 0 radical (unpaired) electrons. The number of benzene rings is 4. The molecular formula is C30H30ClNO. The van der Waals surface area contributed by atoms with Gasteiger partial charge in [0.25, 0.3) is 0 Å². The number of rotatable bonds is 7. The Morgan fingerprint density at radius 3 is 1.48 bits per heavy atom. The molecule has 5 rings (SSSR count). The molecule has 168 valence electrons. The lowest BCUT2D eigenvalue weighted by Crippen LogP contribution is -2.25. The van der Waals surface area contributed by atoms with Gasteiger partial charge in [-0.25, -0.2) is 0 Å². The van der Waals surface area contributed by atoms with Gasteiger partial charge in [0.05, 0.1) is 0 Å². The van der Waals surface area contributed by atoms with Crippen molar-refractivity contribution < 1.29 is 4.74 Å². The smallest absolute Gasteiger partial charge is 0.119 e. The average Bonchev–Trinajstić information content (AvgIpc) is 3.39. The Morgan fingerprint density at radius 1 is 0.545 bits per heavy atom. The van der Waals surface area contributed by atoms with Crippen molar-refractivity contribution in [3.8, 4) is 39.1 Å². The SMILES string of the molecule is Cl.c1ccc(-c2cc(-c3ccccc3)cc(-c3ccc(OCCN4CCCC4)cc3)c2)cc1. The highest BCUT2D eigenvalue weighted by atomic mass is 35.5. The predicted octanol–water partition coefficient (Wildman–Crippen LogP) is 7.58. The zero-order valence-corrected chi connectivity index (χ0v) is 19.6. The molecule has 1 aliphatic heterocycles. The van der Waals surface area contributed by atoms with Crippen LogP contribution in [0.1, 0.15) is 12.8 Å². The molecule has 0 bridgehead atoms. The Hall–Kier alpha value is -3.07. The molecule has 0 aliphatic carbocycles. The van der Waals surface area contributed by atoms with E-state index in [1.54, 1.807) is 0 Å². The fourth-order valence-electron chi connectivity index (χ4n) is 4.43. The largest absolute Gasteiger partial charge is 0.492 e. The van der Waals surface area contributed by atoms with Crippen molar-refractivity contribution in [3.05, 3.63) is 103 Å². The van der Waals surface area contributed by atoms with Crippen molar-refractivity contribution in [2.24, 2.45) is 0 Å². The van der Waals surface area contributed by atoms with E-state index < -0.39 is 0 Å². The van der Waals surface area contributed by atoms with Crippen molar-refractivity contribution in [1.29, 1.82) is 0 Å². The zero-order chi connectivity index (χ0) is 21.6. The Bertz CT molecular complexity index is 1080. The Labute approximate surface area is 203 Å². The second-order valence-electron chi connectivity index (χ2n) is 8.45. The van der Waals surface area contributed by atoms with E-state index in [9.17, 15) is 0 Å². The van der Waals surface area contributed by atoms with E-state index in [1.165, 1.54) is 59.3 Å². The summed E-state index contributed by atoms with van der Waals surface area (Å²) in [5, 5.41) is 0. The van der Waals surface area contributed by atoms with Crippen LogP contribution >= 0.6 is 12.4 Å². The number of ether oxygens (including phenoxy) is 1. The van der Waals surface area contributed by atoms with Gasteiger partial charge in [-0.15, -0.1) is 12.4 Å². The van der Waals surface area contributed by atoms with Gasteiger partial charge in [-0.2, -0.15) is 0 Å². The second kappa shape index (κ2) is 11.2. The first-order valence-corrected chi connectivity index (χ1v) is 11.6. The van der Waals surface area contributed by atoms with Crippen LogP contribution in [0.5, 0.6) is 5.75 Å². The van der Waals surface area contributed by atoms with Gasteiger partial charge in [0.15, 0.2) is 0 Å². The van der Waals surface area contributed by atoms with Crippen molar-refractivity contribution in [1.82, 2.24) is 4.90 Å². The predicted molar refractivity (Wildman–Crippen MR) is 141 cm³/mol. The summed E-state index contributed by atoms with van der Waals surface area (Å²) in [6.07, 6.45) is 2.64. The molecule has 33 heavy (non-hydrogen) atoms. The molecule has 1 saturated heterocycles. The fraction of sp³-hybridized carbons (Fsp3) is 0.200. The molecule has 0 spiro atoms. The summed E-state index contributed by atoms with van der Waals surface area (Å²) in [4.78, 5) is 2.48. The topological polar surface area (TPSA) is 12.5 Å². The Balaban J connectivity index is 0.00000259. The summed E-state index contributed by atoms with van der Waals surface area (Å²) < 4.78 is 6.00. The summed E-state index contributed by atoms with van der Waals surface area (Å²) in [6, 6.07) is 36.6. The minimum Gasteiger partial charge on any atom is -0.492 e. The van der Waals surface area contributed by atoms with Crippen LogP contribution in [0.4, 0.5) is 0 Å². The van der Waals surface area contributed by atoms with Gasteiger partial charge in [0.2, 0.25) is 0 Å². The molecule has 0 aromatic heterocycles. The van der Waals surface area contributed by atoms with Crippen LogP contribution in [-0.4, -0.2) is 31.1 Å². The first-order valence-electron chi connectivity index (χ1n) is 11.6. The highest BCUT2D eigenvalue weighted by Crippen LogP contribution is 2.33. The van der Waals surface area contributed by atoms with Crippen molar-refractivity contribution in [2.75, 3.05) is 26.2 Å². The quantitative estimate of drug-likeness (QED) is 0.284. The zero-order valence-electron chi connectivity index (χ0n) is 18.8. The third kappa shape index (κ3) is 5.84. The first kappa shape index (κ1) is 23.1. The van der Waals surface area contributed by atoms with Crippen LogP contribution in [0.2, 0.25) is 0 Å². The standard InChI is InChI=1S/C30H29NO.ClH/c1-3-9-24(10-4-1)27-21-28(25-11-5-2-6-12-25)23-29(22-27)26-13-15-30(16-14-26)32-20-19-31-17-7-8-18-31;/h1-6,9-16,21-23H,7-8,17-20H2;1H. The van der Waals surface area contributed by atoms with E-state index in [2.05, 4.69) is 108 Å². The lowest BCUT2D eigenvalue weighted by atomic mass is 9.93. The van der Waals surface area contributed by atoms with Crippen LogP contribution in [-0.2, 0) is 0 Å². The normalized spacial score (nSPS) is 13.5. The number of hydrogen-bond acceptors (Lipinski definition) is 2. The molecule has 0 amide bonds. The van der Waals surface area contributed by atoms with Crippen LogP contribution in [0, 0.1) is 0 Å². The third-order valence-corrected chi connectivity index (χ3v) is 6.21. The van der Waals surface area contributed by atoms with Gasteiger partial charge < -0.3 is 4.74 Å². The lowest BCUT2D eigenvalue weighted by molar-refractivity contribution is 0.238. The highest BCUT2D eigenvalue weighted by Gasteiger charge is 2.11. The van der Waals surface area contributed by atoms with E-state index in [0.29, 0.717) is 0 Å². The maximum atomic E-state index is 6.00. The maximum absolute atomic E-state index is 6.00. The summed E-state index contributed by atoms with van der Waals surface area (Å²) in [5.74, 6) is 0.940. The van der Waals surface area contributed by atoms with E-state index in [-0.39, 0.29) is 12.4 Å². The molecule has 3 heteroatoms. The minimum absolute atomic E-state index is 0. The van der Waals surface area contributed by atoms with Crippen LogP contribution < -0.4 is 4.74 Å². The summed E-state index contributed by atoms with van der Waals surface area (Å²) in [5.41, 5.74) is 7.34. The summed E-state index contributed by atoms with van der Waals surface area (Å²) in [7, 11) is 0. The van der Waals surface area contributed by atoms with Gasteiger partial charge in [-0.3, -0.25) is 4.90 Å². The first-order chi connectivity index (χ1) is 15.8. The molecular weight excluding hydrogens is 426 g/mol. The number of nitrogens with zero attached hydrogens (tertiary/aromatic N) is 1. The number of likely N-dealkylation sites (tertiary alicyclic amines) is 1. The summed E-state index contributed by atoms with van der Waals surface area (Å²) in [6.45, 7) is 4.19. The molecule has 0 N–H and O–H groups in total. The van der Waals surface area contributed by atoms with E-state index in [1.807, 2.05) is 0 Å². The van der Waals surface area contributed by atoms with E-state index in [0.717, 1.165) is 18.9 Å². The van der Waals surface area contributed by atoms with Gasteiger partial charge >= 0.3 is 0 Å². The van der Waals surface area contributed by atoms with Gasteiger partial charge in [0.1, 0.15) is 12.4 Å². The molecule has 4 aromatic rings. The number of hydrogen-bond donors (Lipinski definition) is 0. The van der Waals surface area contributed by atoms with E-state index in [4.69, 9.17) is 4.74 Å². The van der Waals surface area contributed by atoms with Crippen LogP contribution in [0.15, 0.2) is 103 Å². The third-order valence-electron chi connectivity index (χ3n) is 6.21. The molecule has 1 heterocycles. The van der Waals surface area contributed by atoms with E-state index >= 15 is 0 Å². The second-order valence-corrected chi connectivity index (χ2v) is 8.45. The van der Waals surface area contributed by atoms with Crippen molar-refractivity contribution >= 4 is 12.4 Å². The molecule has 4 aromatic carbocycles.